The van der Waals surface area contributed by atoms with Crippen molar-refractivity contribution in [2.24, 2.45) is 0 Å². The van der Waals surface area contributed by atoms with Gasteiger partial charge in [-0.3, -0.25) is 9.59 Å². The van der Waals surface area contributed by atoms with E-state index in [0.29, 0.717) is 16.5 Å². The van der Waals surface area contributed by atoms with Crippen molar-refractivity contribution in [3.8, 4) is 0 Å². The third-order valence-electron chi connectivity index (χ3n) is 4.39. The van der Waals surface area contributed by atoms with E-state index in [1.807, 2.05) is 13.8 Å². The number of thiophene rings is 1. The van der Waals surface area contributed by atoms with E-state index in [0.717, 1.165) is 20.8 Å². The molecule has 0 radical (unpaired) electrons. The van der Waals surface area contributed by atoms with E-state index >= 15 is 0 Å². The minimum Gasteiger partial charge on any atom is -0.336 e. The van der Waals surface area contributed by atoms with Gasteiger partial charge in [0.05, 0.1) is 23.0 Å². The van der Waals surface area contributed by atoms with E-state index in [-0.39, 0.29) is 24.1 Å². The summed E-state index contributed by atoms with van der Waals surface area (Å²) in [6.07, 6.45) is 0. The molecule has 0 aliphatic rings. The van der Waals surface area contributed by atoms with Crippen LogP contribution in [0.3, 0.4) is 0 Å². The number of nitrogens with zero attached hydrogens (tertiary/aromatic N) is 3. The van der Waals surface area contributed by atoms with Gasteiger partial charge in [-0.15, -0.1) is 11.3 Å². The van der Waals surface area contributed by atoms with Crippen molar-refractivity contribution in [3.63, 3.8) is 0 Å². The Kier molecular flexibility index (Phi) is 6.77. The Bertz CT molecular complexity index is 1080. The maximum Gasteiger partial charge on any atom is 0.244 e. The molecule has 3 rings (SSSR count). The van der Waals surface area contributed by atoms with Crippen molar-refractivity contribution in [2.45, 2.75) is 25.8 Å². The molecule has 6 nitrogen and oxygen atoms in total. The van der Waals surface area contributed by atoms with Gasteiger partial charge in [0.1, 0.15) is 15.7 Å². The summed E-state index contributed by atoms with van der Waals surface area (Å²) >= 11 is 9.06. The lowest BCUT2D eigenvalue weighted by Crippen LogP contribution is -2.36. The molecule has 0 aliphatic heterocycles. The first-order valence-corrected chi connectivity index (χ1v) is 11.1. The molecule has 0 saturated heterocycles. The van der Waals surface area contributed by atoms with Crippen molar-refractivity contribution in [2.75, 3.05) is 24.7 Å². The van der Waals surface area contributed by atoms with Gasteiger partial charge in [0.15, 0.2) is 0 Å². The Morgan fingerprint density at radius 2 is 1.93 bits per heavy atom. The highest BCUT2D eigenvalue weighted by molar-refractivity contribution is 8.00. The Balaban J connectivity index is 1.63. The number of amides is 2. The van der Waals surface area contributed by atoms with Gasteiger partial charge in [0.25, 0.3) is 0 Å². The molecule has 0 spiro atoms. The number of thioether (sulfide) groups is 1. The Morgan fingerprint density at radius 3 is 2.66 bits per heavy atom. The molecular weight excluding hydrogens is 428 g/mol. The molecule has 0 fully saturated rings. The lowest BCUT2D eigenvalue weighted by atomic mass is 10.2. The monoisotopic (exact) mass is 448 g/mol. The van der Waals surface area contributed by atoms with Crippen LogP contribution < -0.4 is 5.32 Å². The second kappa shape index (κ2) is 9.11. The number of aryl methyl sites for hydroxylation is 3. The van der Waals surface area contributed by atoms with Crippen molar-refractivity contribution >= 4 is 62.4 Å². The van der Waals surface area contributed by atoms with E-state index in [1.54, 1.807) is 42.6 Å². The molecule has 9 heteroatoms. The highest BCUT2D eigenvalue weighted by Gasteiger charge is 2.18. The molecule has 1 aromatic carbocycles. The van der Waals surface area contributed by atoms with Gasteiger partial charge in [0.2, 0.25) is 11.8 Å². The molecule has 3 aromatic rings. The summed E-state index contributed by atoms with van der Waals surface area (Å²) in [5.41, 5.74) is 1.67. The topological polar surface area (TPSA) is 75.2 Å². The molecule has 2 heterocycles. The summed E-state index contributed by atoms with van der Waals surface area (Å²) in [5.74, 6) is 0.415. The number of likely N-dealkylation sites (N-methyl/N-ethyl adjacent to an activating group) is 1. The molecule has 0 unspecified atom stereocenters. The molecule has 29 heavy (non-hydrogen) atoms. The Labute approximate surface area is 182 Å². The molecule has 152 valence electrons. The fraction of sp³-hybridized carbons (Fsp3) is 0.300. The van der Waals surface area contributed by atoms with Crippen LogP contribution in [0.15, 0.2) is 29.3 Å². The number of halogens is 1. The van der Waals surface area contributed by atoms with Crippen LogP contribution in [0.25, 0.3) is 10.2 Å². The van der Waals surface area contributed by atoms with Gasteiger partial charge in [-0.2, -0.15) is 0 Å². The van der Waals surface area contributed by atoms with Gasteiger partial charge in [-0.1, -0.05) is 35.5 Å². The van der Waals surface area contributed by atoms with Crippen LogP contribution in [0.5, 0.6) is 0 Å². The number of anilines is 1. The number of aromatic nitrogens is 2. The summed E-state index contributed by atoms with van der Waals surface area (Å²) in [6.45, 7) is 5.90. The van der Waals surface area contributed by atoms with Crippen molar-refractivity contribution in [1.82, 2.24) is 14.9 Å². The smallest absolute Gasteiger partial charge is 0.244 e. The molecular formula is C20H21ClN4O2S2. The number of carbonyl (C=O) groups excluding carboxylic acids is 2. The molecule has 0 bridgehead atoms. The summed E-state index contributed by atoms with van der Waals surface area (Å²) in [6, 6.07) is 6.98. The zero-order chi connectivity index (χ0) is 21.1. The molecule has 1 N–H and O–H groups in total. The Morgan fingerprint density at radius 1 is 1.21 bits per heavy atom. The van der Waals surface area contributed by atoms with E-state index < -0.39 is 0 Å². The van der Waals surface area contributed by atoms with Gasteiger partial charge in [-0.05, 0) is 38.5 Å². The number of benzene rings is 1. The van der Waals surface area contributed by atoms with Crippen LogP contribution >= 0.6 is 34.7 Å². The molecule has 0 aliphatic carbocycles. The third kappa shape index (κ3) is 5.07. The molecule has 2 amide bonds. The number of rotatable bonds is 6. The van der Waals surface area contributed by atoms with Gasteiger partial charge in [-0.25, -0.2) is 9.97 Å². The summed E-state index contributed by atoms with van der Waals surface area (Å²) < 4.78 is 0. The molecule has 2 aromatic heterocycles. The maximum absolute atomic E-state index is 12.5. The standard InChI is InChI=1S/C20H21ClN4O2S2/c1-11-12(2)29-20-18(11)19(22-13(3)23-20)28-10-17(27)25(4)9-16(26)24-15-8-6-5-7-14(15)21/h5-8H,9-10H2,1-4H3,(H,24,26). The average Bonchev–Trinajstić information content (AvgIpc) is 2.94. The first kappa shape index (κ1) is 21.5. The minimum atomic E-state index is -0.302. The van der Waals surface area contributed by atoms with E-state index in [4.69, 9.17) is 11.6 Å². The number of fused-ring (bicyclic) bond motifs is 1. The van der Waals surface area contributed by atoms with E-state index in [1.165, 1.54) is 21.5 Å². The Hall–Kier alpha value is -2.16. The van der Waals surface area contributed by atoms with Crippen LogP contribution in [0.1, 0.15) is 16.3 Å². The fourth-order valence-electron chi connectivity index (χ4n) is 2.72. The second-order valence-electron chi connectivity index (χ2n) is 6.61. The summed E-state index contributed by atoms with van der Waals surface area (Å²) in [5, 5.41) is 4.99. The highest BCUT2D eigenvalue weighted by atomic mass is 35.5. The van der Waals surface area contributed by atoms with Crippen LogP contribution in [0, 0.1) is 20.8 Å². The first-order chi connectivity index (χ1) is 13.8. The lowest BCUT2D eigenvalue weighted by molar-refractivity contribution is -0.131. The summed E-state index contributed by atoms with van der Waals surface area (Å²) in [7, 11) is 1.61. The number of nitrogens with one attached hydrogen (secondary N) is 1. The number of para-hydroxylation sites is 1. The van der Waals surface area contributed by atoms with Crippen molar-refractivity contribution in [3.05, 3.63) is 45.6 Å². The maximum atomic E-state index is 12.5. The summed E-state index contributed by atoms with van der Waals surface area (Å²) in [4.78, 5) is 37.3. The molecule has 0 atom stereocenters. The number of hydrogen-bond acceptors (Lipinski definition) is 6. The zero-order valence-corrected chi connectivity index (χ0v) is 19.0. The number of carbonyl (C=O) groups is 2. The number of hydrogen-bond donors (Lipinski definition) is 1. The fourth-order valence-corrected chi connectivity index (χ4v) is 5.11. The van der Waals surface area contributed by atoms with E-state index in [2.05, 4.69) is 22.2 Å². The van der Waals surface area contributed by atoms with E-state index in [9.17, 15) is 9.59 Å². The minimum absolute atomic E-state index is 0.0561. The second-order valence-corrected chi connectivity index (χ2v) is 9.18. The van der Waals surface area contributed by atoms with Crippen molar-refractivity contribution < 1.29 is 9.59 Å². The first-order valence-electron chi connectivity index (χ1n) is 8.91. The third-order valence-corrected chi connectivity index (χ3v) is 6.78. The van der Waals surface area contributed by atoms with Crippen LogP contribution in [0.4, 0.5) is 5.69 Å². The SMILES string of the molecule is Cc1nc(SCC(=O)N(C)CC(=O)Nc2ccccc2Cl)c2c(C)c(C)sc2n1. The van der Waals surface area contributed by atoms with Crippen LogP contribution in [0.2, 0.25) is 5.02 Å². The van der Waals surface area contributed by atoms with Crippen LogP contribution in [-0.2, 0) is 9.59 Å². The predicted octanol–water partition coefficient (Wildman–Crippen LogP) is 4.46. The predicted molar refractivity (Wildman–Crippen MR) is 120 cm³/mol. The zero-order valence-electron chi connectivity index (χ0n) is 16.6. The van der Waals surface area contributed by atoms with Gasteiger partial charge in [0, 0.05) is 17.3 Å². The van der Waals surface area contributed by atoms with Crippen molar-refractivity contribution in [1.29, 1.82) is 0 Å². The highest BCUT2D eigenvalue weighted by Crippen LogP contribution is 2.35. The van der Waals surface area contributed by atoms with Gasteiger partial charge < -0.3 is 10.2 Å². The lowest BCUT2D eigenvalue weighted by Gasteiger charge is -2.17. The average molecular weight is 449 g/mol. The molecule has 0 saturated carbocycles. The van der Waals surface area contributed by atoms with Crippen LogP contribution in [-0.4, -0.2) is 46.0 Å². The van der Waals surface area contributed by atoms with Gasteiger partial charge >= 0.3 is 0 Å². The largest absolute Gasteiger partial charge is 0.336 e. The quantitative estimate of drug-likeness (QED) is 0.445. The normalized spacial score (nSPS) is 10.9.